The van der Waals surface area contributed by atoms with Gasteiger partial charge in [0.1, 0.15) is 11.4 Å². The molecular weight excluding hydrogens is 478 g/mol. The molecule has 3 aromatic rings. The van der Waals surface area contributed by atoms with Gasteiger partial charge in [-0.15, -0.1) is 0 Å². The minimum Gasteiger partial charge on any atom is -0.482 e. The van der Waals surface area contributed by atoms with Crippen LogP contribution in [0.2, 0.25) is 0 Å². The third-order valence-corrected chi connectivity index (χ3v) is 5.91. The number of benzene rings is 2. The first-order valence-corrected chi connectivity index (χ1v) is 12.3. The zero-order chi connectivity index (χ0) is 26.6. The second kappa shape index (κ2) is 11.2. The van der Waals surface area contributed by atoms with Crippen molar-refractivity contribution in [3.63, 3.8) is 0 Å². The van der Waals surface area contributed by atoms with E-state index in [-0.39, 0.29) is 31.1 Å². The van der Waals surface area contributed by atoms with Crippen molar-refractivity contribution in [2.24, 2.45) is 0 Å². The molecule has 0 spiro atoms. The SMILES string of the molecule is CC(C)(C)OC(=O)COc1cccc(C(CN2CCC(O)C2)NC(=O)Cc2ccc3oc(=O)[nH]c3c2)c1. The summed E-state index contributed by atoms with van der Waals surface area (Å²) >= 11 is 0. The van der Waals surface area contributed by atoms with Gasteiger partial charge in [-0.3, -0.25) is 14.7 Å². The van der Waals surface area contributed by atoms with E-state index >= 15 is 0 Å². The fourth-order valence-electron chi connectivity index (χ4n) is 4.34. The fraction of sp³-hybridized carbons (Fsp3) is 0.444. The van der Waals surface area contributed by atoms with Crippen molar-refractivity contribution in [3.8, 4) is 5.75 Å². The maximum absolute atomic E-state index is 13.0. The number of fused-ring (bicyclic) bond motifs is 1. The van der Waals surface area contributed by atoms with Gasteiger partial charge in [0.15, 0.2) is 12.2 Å². The Morgan fingerprint density at radius 3 is 2.78 bits per heavy atom. The van der Waals surface area contributed by atoms with Gasteiger partial charge >= 0.3 is 11.7 Å². The molecule has 2 aromatic carbocycles. The van der Waals surface area contributed by atoms with Gasteiger partial charge < -0.3 is 24.3 Å². The highest BCUT2D eigenvalue weighted by Gasteiger charge is 2.25. The molecule has 4 rings (SSSR count). The quantitative estimate of drug-likeness (QED) is 0.373. The molecule has 0 saturated carbocycles. The molecule has 37 heavy (non-hydrogen) atoms. The van der Waals surface area contributed by atoms with Crippen LogP contribution in [0.4, 0.5) is 0 Å². The summed E-state index contributed by atoms with van der Waals surface area (Å²) in [6.07, 6.45) is 0.406. The van der Waals surface area contributed by atoms with E-state index in [1.54, 1.807) is 57.2 Å². The van der Waals surface area contributed by atoms with Crippen molar-refractivity contribution < 1.29 is 28.6 Å². The lowest BCUT2D eigenvalue weighted by Gasteiger charge is -2.25. The highest BCUT2D eigenvalue weighted by molar-refractivity contribution is 5.81. The number of aromatic nitrogens is 1. The molecule has 10 heteroatoms. The Bertz CT molecular complexity index is 1310. The number of H-pyrrole nitrogens is 1. The van der Waals surface area contributed by atoms with Gasteiger partial charge in [-0.25, -0.2) is 9.59 Å². The number of amides is 1. The monoisotopic (exact) mass is 511 g/mol. The van der Waals surface area contributed by atoms with Crippen LogP contribution in [0.5, 0.6) is 5.75 Å². The lowest BCUT2D eigenvalue weighted by atomic mass is 10.0. The molecular formula is C27H33N3O7. The number of rotatable bonds is 9. The fourth-order valence-corrected chi connectivity index (χ4v) is 4.34. The Kier molecular flexibility index (Phi) is 7.99. The summed E-state index contributed by atoms with van der Waals surface area (Å²) in [6, 6.07) is 12.0. The predicted molar refractivity (Wildman–Crippen MR) is 136 cm³/mol. The molecule has 10 nitrogen and oxygen atoms in total. The standard InChI is InChI=1S/C27H33N3O7/c1-27(2,3)37-25(33)16-35-20-6-4-5-18(13-20)22(15-30-10-9-19(31)14-30)28-24(32)12-17-7-8-23-21(11-17)29-26(34)36-23/h4-8,11,13,19,22,31H,9-10,12,14-16H2,1-3H3,(H,28,32)(H,29,34). The Morgan fingerprint density at radius 1 is 1.24 bits per heavy atom. The molecule has 1 amide bonds. The van der Waals surface area contributed by atoms with Crippen LogP contribution in [0.1, 0.15) is 44.4 Å². The van der Waals surface area contributed by atoms with Crippen molar-refractivity contribution in [2.75, 3.05) is 26.2 Å². The van der Waals surface area contributed by atoms with Crippen LogP contribution >= 0.6 is 0 Å². The third kappa shape index (κ3) is 7.68. The first-order valence-electron chi connectivity index (χ1n) is 12.3. The molecule has 0 aliphatic carbocycles. The van der Waals surface area contributed by atoms with E-state index in [2.05, 4.69) is 15.2 Å². The Labute approximate surface area is 214 Å². The maximum Gasteiger partial charge on any atom is 0.417 e. The number of aliphatic hydroxyl groups excluding tert-OH is 1. The van der Waals surface area contributed by atoms with Crippen LogP contribution < -0.4 is 15.8 Å². The number of aromatic amines is 1. The van der Waals surface area contributed by atoms with Crippen LogP contribution in [0.25, 0.3) is 11.1 Å². The minimum absolute atomic E-state index is 0.108. The summed E-state index contributed by atoms with van der Waals surface area (Å²) in [6.45, 7) is 6.92. The number of β-amino-alcohol motifs (C(OH)–C–C–N with tert-alkyl or cyclic N) is 1. The van der Waals surface area contributed by atoms with E-state index < -0.39 is 17.3 Å². The van der Waals surface area contributed by atoms with Gasteiger partial charge in [-0.05, 0) is 62.6 Å². The van der Waals surface area contributed by atoms with Crippen LogP contribution in [0, 0.1) is 0 Å². The average Bonchev–Trinajstić information content (AvgIpc) is 3.39. The second-order valence-electron chi connectivity index (χ2n) is 10.3. The number of hydrogen-bond acceptors (Lipinski definition) is 8. The molecule has 1 aromatic heterocycles. The molecule has 3 N–H and O–H groups in total. The molecule has 0 radical (unpaired) electrons. The third-order valence-electron chi connectivity index (χ3n) is 5.91. The highest BCUT2D eigenvalue weighted by atomic mass is 16.6. The van der Waals surface area contributed by atoms with E-state index in [0.29, 0.717) is 36.4 Å². The van der Waals surface area contributed by atoms with Crippen molar-refractivity contribution >= 4 is 23.0 Å². The molecule has 2 unspecified atom stereocenters. The largest absolute Gasteiger partial charge is 0.482 e. The van der Waals surface area contributed by atoms with Crippen LogP contribution in [-0.2, 0) is 20.7 Å². The Balaban J connectivity index is 1.46. The molecule has 198 valence electrons. The minimum atomic E-state index is -0.602. The number of carbonyl (C=O) groups excluding carboxylic acids is 2. The van der Waals surface area contributed by atoms with E-state index in [9.17, 15) is 19.5 Å². The summed E-state index contributed by atoms with van der Waals surface area (Å²) in [5, 5.41) is 13.1. The number of nitrogens with one attached hydrogen (secondary N) is 2. The van der Waals surface area contributed by atoms with Crippen molar-refractivity contribution in [1.29, 1.82) is 0 Å². The zero-order valence-electron chi connectivity index (χ0n) is 21.3. The number of ether oxygens (including phenoxy) is 2. The maximum atomic E-state index is 13.0. The second-order valence-corrected chi connectivity index (χ2v) is 10.3. The Hall–Kier alpha value is -3.63. The number of oxazole rings is 1. The van der Waals surface area contributed by atoms with E-state index in [0.717, 1.165) is 17.7 Å². The zero-order valence-corrected chi connectivity index (χ0v) is 21.3. The van der Waals surface area contributed by atoms with Crippen LogP contribution in [-0.4, -0.2) is 64.8 Å². The van der Waals surface area contributed by atoms with Crippen molar-refractivity contribution in [2.45, 2.75) is 51.4 Å². The van der Waals surface area contributed by atoms with Crippen molar-refractivity contribution in [1.82, 2.24) is 15.2 Å². The van der Waals surface area contributed by atoms with E-state index in [4.69, 9.17) is 13.9 Å². The number of likely N-dealkylation sites (tertiary alicyclic amines) is 1. The number of hydrogen-bond donors (Lipinski definition) is 3. The molecule has 2 heterocycles. The lowest BCUT2D eigenvalue weighted by molar-refractivity contribution is -0.157. The molecule has 1 aliphatic rings. The topological polar surface area (TPSA) is 134 Å². The van der Waals surface area contributed by atoms with E-state index in [1.807, 2.05) is 6.07 Å². The lowest BCUT2D eigenvalue weighted by Crippen LogP contribution is -2.38. The number of nitrogens with zero attached hydrogens (tertiary/aromatic N) is 1. The van der Waals surface area contributed by atoms with Crippen molar-refractivity contribution in [3.05, 3.63) is 64.1 Å². The van der Waals surface area contributed by atoms with Gasteiger partial charge in [0.05, 0.1) is 24.1 Å². The van der Waals surface area contributed by atoms with Crippen LogP contribution in [0.15, 0.2) is 51.7 Å². The number of esters is 1. The molecule has 0 bridgehead atoms. The van der Waals surface area contributed by atoms with Gasteiger partial charge in [0.2, 0.25) is 5.91 Å². The average molecular weight is 512 g/mol. The summed E-state index contributed by atoms with van der Waals surface area (Å²) in [5.74, 6) is -0.726. The molecule has 1 aliphatic heterocycles. The summed E-state index contributed by atoms with van der Waals surface area (Å²) in [4.78, 5) is 41.2. The summed E-state index contributed by atoms with van der Waals surface area (Å²) in [7, 11) is 0. The predicted octanol–water partition coefficient (Wildman–Crippen LogP) is 2.31. The highest BCUT2D eigenvalue weighted by Crippen LogP contribution is 2.23. The summed E-state index contributed by atoms with van der Waals surface area (Å²) in [5.41, 5.74) is 1.91. The van der Waals surface area contributed by atoms with Gasteiger partial charge in [0, 0.05) is 19.6 Å². The molecule has 2 atom stereocenters. The van der Waals surface area contributed by atoms with E-state index in [1.165, 1.54) is 0 Å². The number of aliphatic hydroxyl groups is 1. The summed E-state index contributed by atoms with van der Waals surface area (Å²) < 4.78 is 16.0. The van der Waals surface area contributed by atoms with Gasteiger partial charge in [-0.1, -0.05) is 18.2 Å². The number of carbonyl (C=O) groups is 2. The normalized spacial score (nSPS) is 17.0. The molecule has 1 fully saturated rings. The smallest absolute Gasteiger partial charge is 0.417 e. The molecule has 1 saturated heterocycles. The van der Waals surface area contributed by atoms with Crippen LogP contribution in [0.3, 0.4) is 0 Å². The first-order chi connectivity index (χ1) is 17.5. The Morgan fingerprint density at radius 2 is 2.05 bits per heavy atom. The van der Waals surface area contributed by atoms with Gasteiger partial charge in [0.25, 0.3) is 0 Å². The van der Waals surface area contributed by atoms with Gasteiger partial charge in [-0.2, -0.15) is 0 Å². The first kappa shape index (κ1) is 26.4.